The molecule has 1 aromatic rings. The Morgan fingerprint density at radius 1 is 1.04 bits per heavy atom. The second-order valence-electron chi connectivity index (χ2n) is 7.90. The van der Waals surface area contributed by atoms with Crippen molar-refractivity contribution in [2.75, 3.05) is 32.7 Å². The normalized spacial score (nSPS) is 19.0. The maximum atomic E-state index is 12.4. The molecular formula is C22H33N3O2. The van der Waals surface area contributed by atoms with Gasteiger partial charge in [-0.15, -0.1) is 0 Å². The summed E-state index contributed by atoms with van der Waals surface area (Å²) in [6, 6.07) is 10.7. The standard InChI is InChI=1S/C22H33N3O2/c26-21-10-5-2-6-14-24(21)15-7-13-23-22(27)25-16-11-20(12-17-25)18-19-8-3-1-4-9-19/h1,3-4,8-9,20H,2,5-7,10-18H2,(H,23,27). The third kappa shape index (κ3) is 6.26. The van der Waals surface area contributed by atoms with E-state index in [1.807, 2.05) is 9.80 Å². The highest BCUT2D eigenvalue weighted by Gasteiger charge is 2.23. The van der Waals surface area contributed by atoms with Crippen LogP contribution in [-0.2, 0) is 11.2 Å². The van der Waals surface area contributed by atoms with Crippen molar-refractivity contribution in [3.63, 3.8) is 0 Å². The SMILES string of the molecule is O=C1CCCCCN1CCCNC(=O)N1CCC(Cc2ccccc2)CC1. The van der Waals surface area contributed by atoms with Crippen LogP contribution in [0.1, 0.15) is 50.5 Å². The summed E-state index contributed by atoms with van der Waals surface area (Å²) in [5, 5.41) is 3.04. The lowest BCUT2D eigenvalue weighted by Gasteiger charge is -2.32. The predicted octanol–water partition coefficient (Wildman–Crippen LogP) is 3.44. The van der Waals surface area contributed by atoms with Gasteiger partial charge < -0.3 is 15.1 Å². The topological polar surface area (TPSA) is 52.7 Å². The molecule has 1 N–H and O–H groups in total. The fraction of sp³-hybridized carbons (Fsp3) is 0.636. The highest BCUT2D eigenvalue weighted by Crippen LogP contribution is 2.21. The number of piperidine rings is 1. The molecule has 0 radical (unpaired) electrons. The number of amides is 3. The highest BCUT2D eigenvalue weighted by atomic mass is 16.2. The second-order valence-corrected chi connectivity index (χ2v) is 7.90. The molecule has 148 valence electrons. The number of nitrogens with zero attached hydrogens (tertiary/aromatic N) is 2. The van der Waals surface area contributed by atoms with Crippen molar-refractivity contribution in [2.24, 2.45) is 5.92 Å². The van der Waals surface area contributed by atoms with Gasteiger partial charge in [-0.2, -0.15) is 0 Å². The quantitative estimate of drug-likeness (QED) is 0.779. The van der Waals surface area contributed by atoms with Crippen LogP contribution in [0.15, 0.2) is 30.3 Å². The molecule has 3 amide bonds. The Bertz CT molecular complexity index is 597. The molecule has 0 aromatic heterocycles. The molecular weight excluding hydrogens is 338 g/mol. The van der Waals surface area contributed by atoms with Crippen molar-refractivity contribution in [2.45, 2.75) is 51.4 Å². The van der Waals surface area contributed by atoms with E-state index in [1.165, 1.54) is 5.56 Å². The fourth-order valence-electron chi connectivity index (χ4n) is 4.14. The lowest BCUT2D eigenvalue weighted by Crippen LogP contribution is -2.45. The molecule has 5 nitrogen and oxygen atoms in total. The van der Waals surface area contributed by atoms with E-state index >= 15 is 0 Å². The minimum atomic E-state index is 0.0513. The maximum Gasteiger partial charge on any atom is 0.317 e. The third-order valence-electron chi connectivity index (χ3n) is 5.82. The minimum absolute atomic E-state index is 0.0513. The van der Waals surface area contributed by atoms with Gasteiger partial charge in [0.2, 0.25) is 5.91 Å². The summed E-state index contributed by atoms with van der Waals surface area (Å²) < 4.78 is 0. The molecule has 5 heteroatoms. The summed E-state index contributed by atoms with van der Waals surface area (Å²) in [7, 11) is 0. The summed E-state index contributed by atoms with van der Waals surface area (Å²) in [6.45, 7) is 3.97. The predicted molar refractivity (Wildman–Crippen MR) is 108 cm³/mol. The lowest BCUT2D eigenvalue weighted by atomic mass is 9.90. The van der Waals surface area contributed by atoms with Gasteiger partial charge in [0.1, 0.15) is 0 Å². The van der Waals surface area contributed by atoms with E-state index in [0.29, 0.717) is 18.9 Å². The zero-order valence-corrected chi connectivity index (χ0v) is 16.4. The first kappa shape index (κ1) is 19.7. The number of hydrogen-bond acceptors (Lipinski definition) is 2. The van der Waals surface area contributed by atoms with E-state index in [0.717, 1.165) is 71.1 Å². The number of benzene rings is 1. The van der Waals surface area contributed by atoms with Gasteiger partial charge in [-0.05, 0) is 50.0 Å². The summed E-state index contributed by atoms with van der Waals surface area (Å²) in [4.78, 5) is 28.3. The Morgan fingerprint density at radius 3 is 2.59 bits per heavy atom. The van der Waals surface area contributed by atoms with Crippen LogP contribution in [-0.4, -0.2) is 54.5 Å². The molecule has 1 aromatic carbocycles. The molecule has 2 aliphatic rings. The van der Waals surface area contributed by atoms with Crippen LogP contribution >= 0.6 is 0 Å². The largest absolute Gasteiger partial charge is 0.343 e. The van der Waals surface area contributed by atoms with Crippen LogP contribution in [0, 0.1) is 5.92 Å². The van der Waals surface area contributed by atoms with Crippen molar-refractivity contribution < 1.29 is 9.59 Å². The van der Waals surface area contributed by atoms with Crippen LogP contribution in [0.3, 0.4) is 0 Å². The number of hydrogen-bond donors (Lipinski definition) is 1. The van der Waals surface area contributed by atoms with Gasteiger partial charge in [-0.25, -0.2) is 4.79 Å². The van der Waals surface area contributed by atoms with Crippen LogP contribution < -0.4 is 5.32 Å². The first-order valence-corrected chi connectivity index (χ1v) is 10.6. The fourth-order valence-corrected chi connectivity index (χ4v) is 4.14. The average Bonchev–Trinajstić information content (AvgIpc) is 2.90. The molecule has 0 aliphatic carbocycles. The van der Waals surface area contributed by atoms with E-state index in [9.17, 15) is 9.59 Å². The van der Waals surface area contributed by atoms with Crippen molar-refractivity contribution in [1.82, 2.24) is 15.1 Å². The van der Waals surface area contributed by atoms with Gasteiger partial charge in [0.25, 0.3) is 0 Å². The Balaban J connectivity index is 1.31. The van der Waals surface area contributed by atoms with Crippen molar-refractivity contribution in [1.29, 1.82) is 0 Å². The lowest BCUT2D eigenvalue weighted by molar-refractivity contribution is -0.130. The number of urea groups is 1. The number of carbonyl (C=O) groups is 2. The monoisotopic (exact) mass is 371 g/mol. The van der Waals surface area contributed by atoms with E-state index < -0.39 is 0 Å². The third-order valence-corrected chi connectivity index (χ3v) is 5.82. The molecule has 2 aliphatic heterocycles. The van der Waals surface area contributed by atoms with Gasteiger partial charge in [0, 0.05) is 39.1 Å². The Labute approximate surface area is 163 Å². The van der Waals surface area contributed by atoms with Gasteiger partial charge in [-0.3, -0.25) is 4.79 Å². The molecule has 0 unspecified atom stereocenters. The summed E-state index contributed by atoms with van der Waals surface area (Å²) in [6.07, 6.45) is 8.06. The molecule has 2 heterocycles. The van der Waals surface area contributed by atoms with Gasteiger partial charge in [0.15, 0.2) is 0 Å². The molecule has 2 fully saturated rings. The number of likely N-dealkylation sites (tertiary alicyclic amines) is 2. The first-order valence-electron chi connectivity index (χ1n) is 10.6. The highest BCUT2D eigenvalue weighted by molar-refractivity contribution is 5.76. The van der Waals surface area contributed by atoms with Crippen LogP contribution in [0.2, 0.25) is 0 Å². The van der Waals surface area contributed by atoms with E-state index in [4.69, 9.17) is 0 Å². The summed E-state index contributed by atoms with van der Waals surface area (Å²) >= 11 is 0. The van der Waals surface area contributed by atoms with E-state index in [2.05, 4.69) is 35.6 Å². The molecule has 3 rings (SSSR count). The summed E-state index contributed by atoms with van der Waals surface area (Å²) in [5.74, 6) is 0.949. The van der Waals surface area contributed by atoms with Crippen LogP contribution in [0.4, 0.5) is 4.79 Å². The molecule has 0 bridgehead atoms. The van der Waals surface area contributed by atoms with Gasteiger partial charge in [-0.1, -0.05) is 36.8 Å². The van der Waals surface area contributed by atoms with Gasteiger partial charge >= 0.3 is 6.03 Å². The van der Waals surface area contributed by atoms with Crippen molar-refractivity contribution in [3.8, 4) is 0 Å². The summed E-state index contributed by atoms with van der Waals surface area (Å²) in [5.41, 5.74) is 1.39. The minimum Gasteiger partial charge on any atom is -0.343 e. The Morgan fingerprint density at radius 2 is 1.81 bits per heavy atom. The zero-order chi connectivity index (χ0) is 18.9. The first-order chi connectivity index (χ1) is 13.2. The second kappa shape index (κ2) is 10.3. The molecule has 0 saturated carbocycles. The number of nitrogens with one attached hydrogen (secondary N) is 1. The van der Waals surface area contributed by atoms with Crippen LogP contribution in [0.25, 0.3) is 0 Å². The van der Waals surface area contributed by atoms with Gasteiger partial charge in [0.05, 0.1) is 0 Å². The average molecular weight is 372 g/mol. The van der Waals surface area contributed by atoms with Crippen molar-refractivity contribution in [3.05, 3.63) is 35.9 Å². The Hall–Kier alpha value is -2.04. The maximum absolute atomic E-state index is 12.4. The van der Waals surface area contributed by atoms with Crippen molar-refractivity contribution >= 4 is 11.9 Å². The van der Waals surface area contributed by atoms with E-state index in [-0.39, 0.29) is 11.9 Å². The molecule has 27 heavy (non-hydrogen) atoms. The molecule has 0 atom stereocenters. The van der Waals surface area contributed by atoms with Crippen LogP contribution in [0.5, 0.6) is 0 Å². The Kier molecular flexibility index (Phi) is 7.55. The number of carbonyl (C=O) groups excluding carboxylic acids is 2. The molecule has 2 saturated heterocycles. The van der Waals surface area contributed by atoms with E-state index in [1.54, 1.807) is 0 Å². The zero-order valence-electron chi connectivity index (χ0n) is 16.4. The molecule has 0 spiro atoms. The number of rotatable bonds is 6. The smallest absolute Gasteiger partial charge is 0.317 e.